The van der Waals surface area contributed by atoms with Crippen LogP contribution in [0.3, 0.4) is 0 Å². The summed E-state index contributed by atoms with van der Waals surface area (Å²) in [7, 11) is 0. The summed E-state index contributed by atoms with van der Waals surface area (Å²) >= 11 is 4.67. The second-order valence-corrected chi connectivity index (χ2v) is 3.97. The largest absolute Gasteiger partial charge is 0.267 e. The van der Waals surface area contributed by atoms with Crippen LogP contribution in [0.25, 0.3) is 0 Å². The van der Waals surface area contributed by atoms with Crippen molar-refractivity contribution < 1.29 is 8.78 Å². The van der Waals surface area contributed by atoms with Crippen LogP contribution in [-0.4, -0.2) is 4.98 Å². The zero-order valence-electron chi connectivity index (χ0n) is 6.06. The molecular formula is C7H2BrF2IN2. The summed E-state index contributed by atoms with van der Waals surface area (Å²) in [5.41, 5.74) is -0.355. The summed E-state index contributed by atoms with van der Waals surface area (Å²) in [6, 6.07) is 1.71. The van der Waals surface area contributed by atoms with Gasteiger partial charge in [0, 0.05) is 6.20 Å². The van der Waals surface area contributed by atoms with Crippen LogP contribution >= 0.6 is 38.5 Å². The van der Waals surface area contributed by atoms with Crippen LogP contribution in [0.2, 0.25) is 0 Å². The molecule has 1 aromatic rings. The lowest BCUT2D eigenvalue weighted by atomic mass is 10.2. The Kier molecular flexibility index (Phi) is 3.55. The molecule has 0 aliphatic rings. The van der Waals surface area contributed by atoms with E-state index in [2.05, 4.69) is 20.9 Å². The van der Waals surface area contributed by atoms with Gasteiger partial charge in [-0.2, -0.15) is 5.26 Å². The van der Waals surface area contributed by atoms with E-state index in [0.717, 1.165) is 0 Å². The Morgan fingerprint density at radius 3 is 2.62 bits per heavy atom. The Bertz CT molecular complexity index is 375. The van der Waals surface area contributed by atoms with Gasteiger partial charge in [0.05, 0.1) is 15.6 Å². The van der Waals surface area contributed by atoms with Gasteiger partial charge in [-0.25, -0.2) is 13.8 Å². The summed E-state index contributed by atoms with van der Waals surface area (Å²) in [6.07, 6.45) is -1.34. The number of hydrogen-bond donors (Lipinski definition) is 0. The summed E-state index contributed by atoms with van der Waals surface area (Å²) in [6.45, 7) is 0. The van der Waals surface area contributed by atoms with E-state index < -0.39 is 6.43 Å². The minimum Gasteiger partial charge on any atom is -0.249 e. The fourth-order valence-corrected chi connectivity index (χ4v) is 1.84. The summed E-state index contributed by atoms with van der Waals surface area (Å²) in [5.74, 6) is 0. The molecular weight excluding hydrogens is 357 g/mol. The molecule has 2 nitrogen and oxygen atoms in total. The highest BCUT2D eigenvalue weighted by Crippen LogP contribution is 2.30. The van der Waals surface area contributed by atoms with Crippen LogP contribution in [0.4, 0.5) is 8.78 Å². The second-order valence-electron chi connectivity index (χ2n) is 2.10. The molecule has 0 aromatic carbocycles. The van der Waals surface area contributed by atoms with Crippen molar-refractivity contribution in [1.29, 1.82) is 5.26 Å². The Hall–Kier alpha value is -0.290. The molecule has 1 rings (SSSR count). The highest BCUT2D eigenvalue weighted by atomic mass is 127. The quantitative estimate of drug-likeness (QED) is 0.570. The third-order valence-electron chi connectivity index (χ3n) is 1.35. The van der Waals surface area contributed by atoms with Crippen molar-refractivity contribution in [2.45, 2.75) is 6.43 Å². The van der Waals surface area contributed by atoms with Crippen molar-refractivity contribution >= 4 is 38.5 Å². The van der Waals surface area contributed by atoms with Crippen molar-refractivity contribution in [1.82, 2.24) is 4.98 Å². The van der Waals surface area contributed by atoms with Crippen LogP contribution in [0.5, 0.6) is 0 Å². The lowest BCUT2D eigenvalue weighted by Crippen LogP contribution is -1.98. The average molecular weight is 359 g/mol. The number of pyridine rings is 1. The Morgan fingerprint density at radius 2 is 2.23 bits per heavy atom. The molecule has 1 aromatic heterocycles. The lowest BCUT2D eigenvalue weighted by molar-refractivity contribution is 0.149. The third kappa shape index (κ3) is 2.14. The van der Waals surface area contributed by atoms with Gasteiger partial charge >= 0.3 is 0 Å². The SMILES string of the molecule is N#Cc1c(Br)cnc(I)c1C(F)F. The van der Waals surface area contributed by atoms with Gasteiger partial charge in [0.25, 0.3) is 6.43 Å². The Labute approximate surface area is 95.2 Å². The molecule has 0 saturated heterocycles. The smallest absolute Gasteiger partial charge is 0.249 e. The molecule has 0 saturated carbocycles. The first-order valence-corrected chi connectivity index (χ1v) is 4.97. The normalized spacial score (nSPS) is 10.2. The topological polar surface area (TPSA) is 36.7 Å². The summed E-state index contributed by atoms with van der Waals surface area (Å²) in [4.78, 5) is 3.72. The molecule has 0 fully saturated rings. The van der Waals surface area contributed by atoms with Gasteiger partial charge in [0.1, 0.15) is 9.77 Å². The van der Waals surface area contributed by atoms with E-state index in [1.165, 1.54) is 6.20 Å². The number of nitrogens with zero attached hydrogens (tertiary/aromatic N) is 2. The molecule has 0 aliphatic heterocycles. The van der Waals surface area contributed by atoms with Crippen molar-refractivity contribution in [2.75, 3.05) is 0 Å². The first-order valence-electron chi connectivity index (χ1n) is 3.10. The Balaban J connectivity index is 3.46. The van der Waals surface area contributed by atoms with E-state index in [-0.39, 0.29) is 14.8 Å². The second kappa shape index (κ2) is 4.28. The van der Waals surface area contributed by atoms with Crippen molar-refractivity contribution in [3.63, 3.8) is 0 Å². The van der Waals surface area contributed by atoms with Gasteiger partial charge in [-0.3, -0.25) is 0 Å². The fourth-order valence-electron chi connectivity index (χ4n) is 0.792. The predicted octanol–water partition coefficient (Wildman–Crippen LogP) is 3.26. The van der Waals surface area contributed by atoms with Gasteiger partial charge in [-0.15, -0.1) is 0 Å². The molecule has 0 N–H and O–H groups in total. The minimum atomic E-state index is -2.67. The van der Waals surface area contributed by atoms with Crippen molar-refractivity contribution in [3.8, 4) is 6.07 Å². The van der Waals surface area contributed by atoms with Gasteiger partial charge < -0.3 is 0 Å². The summed E-state index contributed by atoms with van der Waals surface area (Å²) < 4.78 is 25.3. The maximum Gasteiger partial charge on any atom is 0.267 e. The molecule has 13 heavy (non-hydrogen) atoms. The molecule has 0 bridgehead atoms. The number of halogens is 4. The third-order valence-corrected chi connectivity index (χ3v) is 2.81. The molecule has 0 aliphatic carbocycles. The van der Waals surface area contributed by atoms with Crippen LogP contribution in [0.1, 0.15) is 17.6 Å². The summed E-state index contributed by atoms with van der Waals surface area (Å²) in [5, 5.41) is 8.63. The standard InChI is InChI=1S/C7H2BrF2IN2/c8-4-2-13-7(11)5(6(9)10)3(4)1-12/h2,6H. The number of aromatic nitrogens is 1. The average Bonchev–Trinajstić information content (AvgIpc) is 2.07. The minimum absolute atomic E-state index is 0.0469. The molecule has 6 heteroatoms. The van der Waals surface area contributed by atoms with Gasteiger partial charge in [-0.05, 0) is 38.5 Å². The monoisotopic (exact) mass is 358 g/mol. The molecule has 1 heterocycles. The van der Waals surface area contributed by atoms with Crippen molar-refractivity contribution in [2.24, 2.45) is 0 Å². The highest BCUT2D eigenvalue weighted by molar-refractivity contribution is 14.1. The van der Waals surface area contributed by atoms with Crippen LogP contribution in [0.15, 0.2) is 10.7 Å². The zero-order chi connectivity index (χ0) is 10.0. The van der Waals surface area contributed by atoms with E-state index in [0.29, 0.717) is 4.47 Å². The van der Waals surface area contributed by atoms with Gasteiger partial charge in [0.2, 0.25) is 0 Å². The van der Waals surface area contributed by atoms with E-state index in [1.807, 2.05) is 0 Å². The van der Waals surface area contributed by atoms with E-state index in [1.54, 1.807) is 28.7 Å². The molecule has 0 atom stereocenters. The molecule has 0 unspecified atom stereocenters. The first kappa shape index (κ1) is 10.8. The first-order chi connectivity index (χ1) is 6.07. The van der Waals surface area contributed by atoms with E-state index in [9.17, 15) is 8.78 Å². The molecule has 0 radical (unpaired) electrons. The lowest BCUT2D eigenvalue weighted by Gasteiger charge is -2.05. The maximum atomic E-state index is 12.4. The fraction of sp³-hybridized carbons (Fsp3) is 0.143. The maximum absolute atomic E-state index is 12.4. The number of alkyl halides is 2. The van der Waals surface area contributed by atoms with Crippen LogP contribution < -0.4 is 0 Å². The molecule has 68 valence electrons. The number of nitriles is 1. The molecule has 0 amide bonds. The van der Waals surface area contributed by atoms with Crippen LogP contribution in [0, 0.1) is 15.0 Å². The molecule has 0 spiro atoms. The predicted molar refractivity (Wildman–Crippen MR) is 54.3 cm³/mol. The van der Waals surface area contributed by atoms with E-state index >= 15 is 0 Å². The number of hydrogen-bond acceptors (Lipinski definition) is 2. The van der Waals surface area contributed by atoms with Crippen molar-refractivity contribution in [3.05, 3.63) is 25.5 Å². The van der Waals surface area contributed by atoms with E-state index in [4.69, 9.17) is 5.26 Å². The van der Waals surface area contributed by atoms with Gasteiger partial charge in [0.15, 0.2) is 0 Å². The Morgan fingerprint density at radius 1 is 1.62 bits per heavy atom. The van der Waals surface area contributed by atoms with Crippen LogP contribution in [-0.2, 0) is 0 Å². The zero-order valence-corrected chi connectivity index (χ0v) is 9.80. The number of rotatable bonds is 1. The van der Waals surface area contributed by atoms with Gasteiger partial charge in [-0.1, -0.05) is 0 Å². The highest BCUT2D eigenvalue weighted by Gasteiger charge is 2.19.